The number of hydrogen-bond donors (Lipinski definition) is 2. The molecule has 1 fully saturated rings. The molecule has 4 nitrogen and oxygen atoms in total. The van der Waals surface area contributed by atoms with Crippen molar-refractivity contribution in [3.05, 3.63) is 65.7 Å². The predicted octanol–water partition coefficient (Wildman–Crippen LogP) is 4.19. The Hall–Kier alpha value is -1.88. The number of quaternary nitrogens is 1. The lowest BCUT2D eigenvalue weighted by Gasteiger charge is -2.40. The molecule has 1 heterocycles. The fraction of sp³-hybridized carbons (Fsp3) is 0.571. The van der Waals surface area contributed by atoms with Crippen LogP contribution in [0.3, 0.4) is 0 Å². The van der Waals surface area contributed by atoms with Crippen molar-refractivity contribution in [2.24, 2.45) is 5.92 Å². The largest absolute Gasteiger partial charge is 0.494 e. The quantitative estimate of drug-likeness (QED) is 0.487. The van der Waals surface area contributed by atoms with E-state index in [1.165, 1.54) is 23.3 Å². The van der Waals surface area contributed by atoms with Gasteiger partial charge in [0.15, 0.2) is 0 Å². The lowest BCUT2D eigenvalue weighted by atomic mass is 9.72. The molecule has 0 aliphatic carbocycles. The molecule has 32 heavy (non-hydrogen) atoms. The second-order valence-corrected chi connectivity index (χ2v) is 9.63. The number of rotatable bonds is 12. The van der Waals surface area contributed by atoms with Crippen molar-refractivity contribution in [2.75, 3.05) is 39.5 Å². The lowest BCUT2D eigenvalue weighted by Crippen LogP contribution is -3.14. The zero-order chi connectivity index (χ0) is 22.8. The van der Waals surface area contributed by atoms with Gasteiger partial charge in [0, 0.05) is 0 Å². The predicted molar refractivity (Wildman–Crippen MR) is 130 cm³/mol. The van der Waals surface area contributed by atoms with Gasteiger partial charge in [-0.05, 0) is 42.0 Å². The van der Waals surface area contributed by atoms with Gasteiger partial charge in [-0.3, -0.25) is 0 Å². The van der Waals surface area contributed by atoms with E-state index in [4.69, 9.17) is 9.47 Å². The van der Waals surface area contributed by atoms with E-state index < -0.39 is 5.60 Å². The molecule has 3 rings (SSSR count). The van der Waals surface area contributed by atoms with Crippen LogP contribution in [0.15, 0.2) is 54.6 Å². The van der Waals surface area contributed by atoms with Crippen molar-refractivity contribution < 1.29 is 19.5 Å². The van der Waals surface area contributed by atoms with Gasteiger partial charge in [-0.1, -0.05) is 76.1 Å². The summed E-state index contributed by atoms with van der Waals surface area (Å²) in [5.74, 6) is 1.26. The molecule has 0 spiro atoms. The van der Waals surface area contributed by atoms with Gasteiger partial charge in [0.1, 0.15) is 24.4 Å². The summed E-state index contributed by atoms with van der Waals surface area (Å²) in [7, 11) is 0. The van der Waals surface area contributed by atoms with Gasteiger partial charge >= 0.3 is 0 Å². The van der Waals surface area contributed by atoms with Crippen LogP contribution in [0.2, 0.25) is 0 Å². The van der Waals surface area contributed by atoms with E-state index in [0.717, 1.165) is 57.2 Å². The van der Waals surface area contributed by atoms with Crippen LogP contribution in [0, 0.1) is 5.92 Å². The highest BCUT2D eigenvalue weighted by Crippen LogP contribution is 2.41. The molecule has 1 aliphatic heterocycles. The van der Waals surface area contributed by atoms with Gasteiger partial charge in [-0.15, -0.1) is 0 Å². The topological polar surface area (TPSA) is 43.1 Å². The van der Waals surface area contributed by atoms with Crippen LogP contribution in [0.5, 0.6) is 5.75 Å². The maximum atomic E-state index is 12.3. The first kappa shape index (κ1) is 24.8. The first-order valence-electron chi connectivity index (χ1n) is 12.4. The number of morpholine rings is 1. The molecule has 2 aromatic rings. The molecule has 0 aromatic heterocycles. The van der Waals surface area contributed by atoms with Crippen molar-refractivity contribution in [3.8, 4) is 5.75 Å². The van der Waals surface area contributed by atoms with Crippen molar-refractivity contribution in [1.82, 2.24) is 0 Å². The second kappa shape index (κ2) is 12.4. The van der Waals surface area contributed by atoms with Crippen LogP contribution in [0.4, 0.5) is 0 Å². The molecule has 176 valence electrons. The van der Waals surface area contributed by atoms with Crippen molar-refractivity contribution >= 4 is 0 Å². The number of benzene rings is 2. The number of unbranched alkanes of at least 4 members (excludes halogenated alkanes) is 2. The van der Waals surface area contributed by atoms with E-state index in [0.29, 0.717) is 12.3 Å². The van der Waals surface area contributed by atoms with E-state index in [1.807, 2.05) is 18.2 Å². The van der Waals surface area contributed by atoms with Crippen LogP contribution in [0.1, 0.15) is 63.5 Å². The summed E-state index contributed by atoms with van der Waals surface area (Å²) in [6.45, 7) is 11.8. The highest BCUT2D eigenvalue weighted by atomic mass is 16.5. The molecule has 2 aromatic carbocycles. The van der Waals surface area contributed by atoms with Gasteiger partial charge in [0.25, 0.3) is 0 Å². The molecule has 0 bridgehead atoms. The third-order valence-corrected chi connectivity index (χ3v) is 6.56. The Kier molecular flexibility index (Phi) is 9.58. The SMILES string of the molecule is CCCCCOc1ccc([C@](O)(CC(C)C)[C@@H](C[NH+]2CCOCC2)c2ccccc2)cc1. The Bertz CT molecular complexity index is 771. The first-order chi connectivity index (χ1) is 15.5. The third kappa shape index (κ3) is 6.81. The minimum atomic E-state index is -0.943. The zero-order valence-corrected chi connectivity index (χ0v) is 20.2. The average molecular weight is 441 g/mol. The molecule has 1 saturated heterocycles. The summed E-state index contributed by atoms with van der Waals surface area (Å²) in [4.78, 5) is 1.50. The van der Waals surface area contributed by atoms with Gasteiger partial charge in [0.05, 0.1) is 32.3 Å². The van der Waals surface area contributed by atoms with Crippen LogP contribution in [0.25, 0.3) is 0 Å². The van der Waals surface area contributed by atoms with E-state index >= 15 is 0 Å². The molecule has 2 atom stereocenters. The monoisotopic (exact) mass is 440 g/mol. The molecule has 0 unspecified atom stereocenters. The van der Waals surface area contributed by atoms with E-state index in [2.05, 4.69) is 57.2 Å². The molecule has 4 heteroatoms. The minimum Gasteiger partial charge on any atom is -0.494 e. The fourth-order valence-corrected chi connectivity index (χ4v) is 4.87. The van der Waals surface area contributed by atoms with E-state index in [9.17, 15) is 5.11 Å². The molecule has 1 aliphatic rings. The second-order valence-electron chi connectivity index (χ2n) is 9.63. The van der Waals surface area contributed by atoms with Crippen molar-refractivity contribution in [1.29, 1.82) is 0 Å². The Morgan fingerprint density at radius 3 is 2.31 bits per heavy atom. The molecule has 0 amide bonds. The average Bonchev–Trinajstić information content (AvgIpc) is 2.81. The van der Waals surface area contributed by atoms with Crippen molar-refractivity contribution in [3.63, 3.8) is 0 Å². The normalized spacial score (nSPS) is 17.8. The highest BCUT2D eigenvalue weighted by Gasteiger charge is 2.42. The number of hydrogen-bond acceptors (Lipinski definition) is 3. The van der Waals surface area contributed by atoms with Crippen LogP contribution in [-0.4, -0.2) is 44.6 Å². The third-order valence-electron chi connectivity index (χ3n) is 6.56. The number of aliphatic hydroxyl groups is 1. The molecule has 0 radical (unpaired) electrons. The highest BCUT2D eigenvalue weighted by molar-refractivity contribution is 5.35. The van der Waals surface area contributed by atoms with Gasteiger partial charge in [-0.25, -0.2) is 0 Å². The first-order valence-corrected chi connectivity index (χ1v) is 12.4. The number of ether oxygens (including phenoxy) is 2. The summed E-state index contributed by atoms with van der Waals surface area (Å²) < 4.78 is 11.5. The maximum absolute atomic E-state index is 12.3. The van der Waals surface area contributed by atoms with Gasteiger partial charge in [-0.2, -0.15) is 0 Å². The maximum Gasteiger partial charge on any atom is 0.119 e. The van der Waals surface area contributed by atoms with Crippen LogP contribution in [-0.2, 0) is 10.3 Å². The Labute approximate surface area is 194 Å². The molecule has 0 saturated carbocycles. The smallest absolute Gasteiger partial charge is 0.119 e. The number of nitrogens with one attached hydrogen (secondary N) is 1. The Morgan fingerprint density at radius 1 is 1.00 bits per heavy atom. The summed E-state index contributed by atoms with van der Waals surface area (Å²) in [5, 5.41) is 12.3. The molecular weight excluding hydrogens is 398 g/mol. The molecular formula is C28H42NO3+. The summed E-state index contributed by atoms with van der Waals surface area (Å²) >= 11 is 0. The van der Waals surface area contributed by atoms with Crippen LogP contribution >= 0.6 is 0 Å². The summed E-state index contributed by atoms with van der Waals surface area (Å²) in [6, 6.07) is 18.7. The standard InChI is InChI=1S/C28H41NO3/c1-4-5-9-18-32-26-14-12-25(13-15-26)28(30,21-23(2)3)27(24-10-7-6-8-11-24)22-29-16-19-31-20-17-29/h6-8,10-15,23,27,30H,4-5,9,16-22H2,1-3H3/p+1/t27-,28+/m0/s1. The molecule has 2 N–H and O–H groups in total. The Morgan fingerprint density at radius 2 is 1.69 bits per heavy atom. The Balaban J connectivity index is 1.88. The van der Waals surface area contributed by atoms with E-state index in [1.54, 1.807) is 0 Å². The summed E-state index contributed by atoms with van der Waals surface area (Å²) in [6.07, 6.45) is 4.17. The van der Waals surface area contributed by atoms with Crippen LogP contribution < -0.4 is 9.64 Å². The van der Waals surface area contributed by atoms with E-state index in [-0.39, 0.29) is 5.92 Å². The zero-order valence-electron chi connectivity index (χ0n) is 20.2. The lowest BCUT2D eigenvalue weighted by molar-refractivity contribution is -0.910. The fourth-order valence-electron chi connectivity index (χ4n) is 4.87. The summed E-state index contributed by atoms with van der Waals surface area (Å²) in [5.41, 5.74) is 1.24. The van der Waals surface area contributed by atoms with Crippen molar-refractivity contribution in [2.45, 2.75) is 58.0 Å². The minimum absolute atomic E-state index is 0.00974. The van der Waals surface area contributed by atoms with Gasteiger partial charge < -0.3 is 19.5 Å². The van der Waals surface area contributed by atoms with Gasteiger partial charge in [0.2, 0.25) is 0 Å².